The van der Waals surface area contributed by atoms with Crippen LogP contribution in [-0.2, 0) is 0 Å². The van der Waals surface area contributed by atoms with Gasteiger partial charge in [0.15, 0.2) is 0 Å². The van der Waals surface area contributed by atoms with Crippen LogP contribution in [0, 0.1) is 3.57 Å². The summed E-state index contributed by atoms with van der Waals surface area (Å²) in [6.45, 7) is 0. The van der Waals surface area contributed by atoms with E-state index in [1.54, 1.807) is 30.3 Å². The lowest BCUT2D eigenvalue weighted by molar-refractivity contribution is 0.479. The Morgan fingerprint density at radius 1 is 1.06 bits per heavy atom. The van der Waals surface area contributed by atoms with Crippen LogP contribution in [0.5, 0.6) is 11.5 Å². The van der Waals surface area contributed by atoms with Crippen LogP contribution < -0.4 is 10.5 Å². The van der Waals surface area contributed by atoms with Crippen molar-refractivity contribution in [2.45, 2.75) is 0 Å². The number of nitrogens with two attached hydrogens (primary N) is 1. The van der Waals surface area contributed by atoms with Crippen LogP contribution in [0.4, 0.5) is 5.69 Å². The molecule has 5 heteroatoms. The lowest BCUT2D eigenvalue weighted by Gasteiger charge is -2.10. The second-order valence-electron chi connectivity index (χ2n) is 3.34. The highest BCUT2D eigenvalue weighted by Gasteiger charge is 2.08. The molecular formula is C12H8Cl2INO. The third-order valence-corrected chi connectivity index (χ3v) is 3.74. The van der Waals surface area contributed by atoms with Gasteiger partial charge in [-0.15, -0.1) is 0 Å². The largest absolute Gasteiger partial charge is 0.455 e. The molecule has 0 saturated carbocycles. The standard InChI is InChI=1S/C12H8Cl2INO/c13-8-2-1-3-11(12(8)14)17-10-5-4-7(16)6-9(10)15/h1-6H,16H2. The van der Waals surface area contributed by atoms with Crippen molar-refractivity contribution in [1.29, 1.82) is 0 Å². The molecule has 0 heterocycles. The van der Waals surface area contributed by atoms with E-state index in [2.05, 4.69) is 22.6 Å². The maximum absolute atomic E-state index is 6.04. The Kier molecular flexibility index (Phi) is 4.01. The van der Waals surface area contributed by atoms with Crippen LogP contribution in [0.1, 0.15) is 0 Å². The molecule has 0 fully saturated rings. The lowest BCUT2D eigenvalue weighted by atomic mass is 10.3. The lowest BCUT2D eigenvalue weighted by Crippen LogP contribution is -1.91. The Balaban J connectivity index is 2.35. The molecule has 0 aliphatic carbocycles. The van der Waals surface area contributed by atoms with Gasteiger partial charge in [0.25, 0.3) is 0 Å². The number of ether oxygens (including phenoxy) is 1. The minimum Gasteiger partial charge on any atom is -0.455 e. The van der Waals surface area contributed by atoms with Crippen molar-refractivity contribution in [3.05, 3.63) is 50.0 Å². The Hall–Kier alpha value is -0.650. The van der Waals surface area contributed by atoms with Crippen LogP contribution in [0.25, 0.3) is 0 Å². The Morgan fingerprint density at radius 2 is 1.82 bits per heavy atom. The first-order chi connectivity index (χ1) is 8.08. The van der Waals surface area contributed by atoms with Crippen molar-refractivity contribution in [2.75, 3.05) is 5.73 Å². The van der Waals surface area contributed by atoms with E-state index >= 15 is 0 Å². The van der Waals surface area contributed by atoms with Crippen LogP contribution in [-0.4, -0.2) is 0 Å². The van der Waals surface area contributed by atoms with Gasteiger partial charge in [0.1, 0.15) is 16.5 Å². The van der Waals surface area contributed by atoms with E-state index in [1.165, 1.54) is 0 Å². The monoisotopic (exact) mass is 379 g/mol. The molecule has 0 radical (unpaired) electrons. The fourth-order valence-corrected chi connectivity index (χ4v) is 2.26. The number of benzene rings is 2. The second-order valence-corrected chi connectivity index (χ2v) is 5.29. The molecule has 2 N–H and O–H groups in total. The quantitative estimate of drug-likeness (QED) is 0.590. The maximum atomic E-state index is 6.04. The molecule has 0 amide bonds. The third-order valence-electron chi connectivity index (χ3n) is 2.09. The first kappa shape index (κ1) is 12.8. The Labute approximate surface area is 123 Å². The molecule has 0 aliphatic rings. The minimum absolute atomic E-state index is 0.404. The van der Waals surface area contributed by atoms with Crippen LogP contribution in [0.2, 0.25) is 10.0 Å². The summed E-state index contributed by atoms with van der Waals surface area (Å²) in [7, 11) is 0. The van der Waals surface area contributed by atoms with Gasteiger partial charge in [-0.05, 0) is 52.9 Å². The predicted molar refractivity (Wildman–Crippen MR) is 80.1 cm³/mol. The van der Waals surface area contributed by atoms with Crippen molar-refractivity contribution in [3.8, 4) is 11.5 Å². The summed E-state index contributed by atoms with van der Waals surface area (Å²) in [5, 5.41) is 0.872. The first-order valence-electron chi connectivity index (χ1n) is 4.75. The molecule has 2 aromatic carbocycles. The van der Waals surface area contributed by atoms with Gasteiger partial charge >= 0.3 is 0 Å². The molecule has 0 aromatic heterocycles. The van der Waals surface area contributed by atoms with E-state index < -0.39 is 0 Å². The fraction of sp³-hybridized carbons (Fsp3) is 0. The Morgan fingerprint density at radius 3 is 2.53 bits per heavy atom. The van der Waals surface area contributed by atoms with Crippen LogP contribution >= 0.6 is 45.8 Å². The van der Waals surface area contributed by atoms with Gasteiger partial charge in [-0.1, -0.05) is 29.3 Å². The van der Waals surface area contributed by atoms with E-state index in [0.717, 1.165) is 3.57 Å². The van der Waals surface area contributed by atoms with E-state index in [1.807, 2.05) is 6.07 Å². The molecule has 2 nitrogen and oxygen atoms in total. The van der Waals surface area contributed by atoms with E-state index in [-0.39, 0.29) is 0 Å². The van der Waals surface area contributed by atoms with Gasteiger partial charge in [0.05, 0.1) is 8.59 Å². The molecule has 0 aliphatic heterocycles. The van der Waals surface area contributed by atoms with Gasteiger partial charge in [0.2, 0.25) is 0 Å². The average Bonchev–Trinajstić information content (AvgIpc) is 2.28. The topological polar surface area (TPSA) is 35.2 Å². The van der Waals surface area contributed by atoms with Gasteiger partial charge in [-0.3, -0.25) is 0 Å². The molecule has 0 atom stereocenters. The van der Waals surface area contributed by atoms with Gasteiger partial charge in [0, 0.05) is 5.69 Å². The summed E-state index contributed by atoms with van der Waals surface area (Å²) < 4.78 is 6.61. The number of rotatable bonds is 2. The van der Waals surface area contributed by atoms with E-state index in [4.69, 9.17) is 33.7 Å². The van der Waals surface area contributed by atoms with Crippen molar-refractivity contribution in [2.24, 2.45) is 0 Å². The summed E-state index contributed by atoms with van der Waals surface area (Å²) >= 11 is 14.1. The summed E-state index contributed by atoms with van der Waals surface area (Å²) in [5.74, 6) is 1.23. The molecule has 2 aromatic rings. The average molecular weight is 380 g/mol. The molecule has 0 spiro atoms. The molecule has 17 heavy (non-hydrogen) atoms. The van der Waals surface area contributed by atoms with Gasteiger partial charge in [-0.25, -0.2) is 0 Å². The highest BCUT2D eigenvalue weighted by atomic mass is 127. The third kappa shape index (κ3) is 2.97. The van der Waals surface area contributed by atoms with Crippen molar-refractivity contribution in [1.82, 2.24) is 0 Å². The van der Waals surface area contributed by atoms with Gasteiger partial charge < -0.3 is 10.5 Å². The van der Waals surface area contributed by atoms with Crippen molar-refractivity contribution >= 4 is 51.5 Å². The number of nitrogen functional groups attached to an aromatic ring is 1. The normalized spacial score (nSPS) is 10.3. The summed E-state index contributed by atoms with van der Waals surface area (Å²) in [4.78, 5) is 0. The van der Waals surface area contributed by atoms with E-state index in [0.29, 0.717) is 27.2 Å². The second kappa shape index (κ2) is 5.33. The molecule has 0 saturated heterocycles. The summed E-state index contributed by atoms with van der Waals surface area (Å²) in [5.41, 5.74) is 6.36. The van der Waals surface area contributed by atoms with E-state index in [9.17, 15) is 0 Å². The van der Waals surface area contributed by atoms with Crippen LogP contribution in [0.15, 0.2) is 36.4 Å². The zero-order valence-corrected chi connectivity index (χ0v) is 12.3. The summed E-state index contributed by atoms with van der Waals surface area (Å²) in [6, 6.07) is 10.7. The highest BCUT2D eigenvalue weighted by molar-refractivity contribution is 14.1. The first-order valence-corrected chi connectivity index (χ1v) is 6.58. The highest BCUT2D eigenvalue weighted by Crippen LogP contribution is 2.36. The number of halogens is 3. The van der Waals surface area contributed by atoms with Crippen molar-refractivity contribution in [3.63, 3.8) is 0 Å². The fourth-order valence-electron chi connectivity index (χ4n) is 1.28. The Bertz CT molecular complexity index is 560. The molecule has 2 rings (SSSR count). The molecule has 88 valence electrons. The summed E-state index contributed by atoms with van der Waals surface area (Å²) in [6.07, 6.45) is 0. The SMILES string of the molecule is Nc1ccc(Oc2cccc(Cl)c2Cl)c(I)c1. The van der Waals surface area contributed by atoms with Crippen molar-refractivity contribution < 1.29 is 4.74 Å². The van der Waals surface area contributed by atoms with Gasteiger partial charge in [-0.2, -0.15) is 0 Å². The smallest absolute Gasteiger partial charge is 0.147 e. The zero-order chi connectivity index (χ0) is 12.4. The maximum Gasteiger partial charge on any atom is 0.147 e. The molecular weight excluding hydrogens is 372 g/mol. The number of hydrogen-bond donors (Lipinski definition) is 1. The number of anilines is 1. The molecule has 0 unspecified atom stereocenters. The van der Waals surface area contributed by atoms with Crippen LogP contribution in [0.3, 0.4) is 0 Å². The number of hydrogen-bond acceptors (Lipinski definition) is 2. The molecule has 0 bridgehead atoms. The zero-order valence-electron chi connectivity index (χ0n) is 8.58. The minimum atomic E-state index is 0.404. The predicted octanol–water partition coefficient (Wildman–Crippen LogP) is 4.97.